The van der Waals surface area contributed by atoms with E-state index in [1.807, 2.05) is 0 Å². The third-order valence-electron chi connectivity index (χ3n) is 14.3. The summed E-state index contributed by atoms with van der Waals surface area (Å²) in [6.45, 7) is 23.3. The summed E-state index contributed by atoms with van der Waals surface area (Å²) in [4.78, 5) is 33.6. The minimum atomic E-state index is -0.0138. The molecule has 0 spiro atoms. The standard InChI is InChI=1S/C31H64N2O.C28H56N2O2/c1-4-7-10-13-16-19-22-25-32(26-23-20-17-14-11-8-5-2)28-29-33(30-31-34)27-24-21-18-15-12-9-6-3;1-4-6-8-10-12-14-16-22-30(23-17-15-13-11-9-7-5-2)26-28(31)32-24-20-27-19-18-21-29(3)25-27/h31H,4-30H2,1-3H3;27H,4-26H2,1-3H3. The van der Waals surface area contributed by atoms with Crippen LogP contribution in [-0.4, -0.2) is 118 Å². The van der Waals surface area contributed by atoms with Crippen LogP contribution in [0.25, 0.3) is 0 Å². The molecule has 1 rings (SSSR count). The van der Waals surface area contributed by atoms with E-state index >= 15 is 0 Å². The Kier molecular flexibility index (Phi) is 52.5. The van der Waals surface area contributed by atoms with Gasteiger partial charge in [-0.05, 0) is 104 Å². The molecule has 1 aliphatic heterocycles. The first-order valence-electron chi connectivity index (χ1n) is 29.9. The number of carbonyl (C=O) groups is 2. The molecule has 1 unspecified atom stereocenters. The first kappa shape index (κ1) is 65.0. The minimum absolute atomic E-state index is 0.0138. The van der Waals surface area contributed by atoms with Crippen molar-refractivity contribution >= 4 is 12.3 Å². The van der Waals surface area contributed by atoms with Crippen molar-refractivity contribution in [2.75, 3.05) is 85.6 Å². The second-order valence-corrected chi connectivity index (χ2v) is 21.0. The monoisotopic (exact) mass is 933 g/mol. The molecule has 1 aliphatic rings. The van der Waals surface area contributed by atoms with Gasteiger partial charge in [0.25, 0.3) is 0 Å². The highest BCUT2D eigenvalue weighted by Crippen LogP contribution is 2.19. The van der Waals surface area contributed by atoms with Crippen LogP contribution in [0.3, 0.4) is 0 Å². The molecule has 0 saturated carbocycles. The van der Waals surface area contributed by atoms with Gasteiger partial charge in [0.05, 0.1) is 19.7 Å². The van der Waals surface area contributed by atoms with Gasteiger partial charge in [0.15, 0.2) is 0 Å². The SMILES string of the molecule is CCCCCCCCCN(CC=O)CCN(CCCCCCCCC)CCCCCCCCC.CCCCCCCCCN(CCCCCCCCC)CC(=O)OCCC1CCCN(C)C1. The summed E-state index contributed by atoms with van der Waals surface area (Å²) in [7, 11) is 2.20. The molecule has 0 N–H and O–H groups in total. The Morgan fingerprint density at radius 2 is 0.803 bits per heavy atom. The van der Waals surface area contributed by atoms with Crippen molar-refractivity contribution in [3.63, 3.8) is 0 Å². The van der Waals surface area contributed by atoms with E-state index < -0.39 is 0 Å². The van der Waals surface area contributed by atoms with Gasteiger partial charge >= 0.3 is 5.97 Å². The number of ether oxygens (including phenoxy) is 1. The number of nitrogens with zero attached hydrogens (tertiary/aromatic N) is 4. The molecule has 0 aromatic heterocycles. The molecule has 66 heavy (non-hydrogen) atoms. The fourth-order valence-electron chi connectivity index (χ4n) is 9.83. The first-order valence-corrected chi connectivity index (χ1v) is 29.9. The summed E-state index contributed by atoms with van der Waals surface area (Å²) in [6, 6.07) is 0. The zero-order chi connectivity index (χ0) is 48.2. The van der Waals surface area contributed by atoms with Crippen molar-refractivity contribution in [3.05, 3.63) is 0 Å². The van der Waals surface area contributed by atoms with Crippen LogP contribution in [0.2, 0.25) is 0 Å². The third kappa shape index (κ3) is 46.7. The van der Waals surface area contributed by atoms with Gasteiger partial charge in [0.1, 0.15) is 6.29 Å². The number of aldehydes is 1. The van der Waals surface area contributed by atoms with Crippen LogP contribution in [0.15, 0.2) is 0 Å². The maximum Gasteiger partial charge on any atom is 0.320 e. The molecule has 0 aromatic rings. The van der Waals surface area contributed by atoms with E-state index in [9.17, 15) is 9.59 Å². The molecule has 0 radical (unpaired) electrons. The molecule has 1 fully saturated rings. The lowest BCUT2D eigenvalue weighted by atomic mass is 9.96. The Labute approximate surface area is 414 Å². The second-order valence-electron chi connectivity index (χ2n) is 21.0. The number of rotatable bonds is 50. The third-order valence-corrected chi connectivity index (χ3v) is 14.3. The lowest BCUT2D eigenvalue weighted by molar-refractivity contribution is -0.145. The predicted octanol–water partition coefficient (Wildman–Crippen LogP) is 16.1. The van der Waals surface area contributed by atoms with E-state index in [1.54, 1.807) is 0 Å². The number of likely N-dealkylation sites (tertiary alicyclic amines) is 1. The highest BCUT2D eigenvalue weighted by molar-refractivity contribution is 5.71. The average molecular weight is 934 g/mol. The van der Waals surface area contributed by atoms with Gasteiger partial charge in [-0.3, -0.25) is 14.6 Å². The van der Waals surface area contributed by atoms with Gasteiger partial charge in [-0.2, -0.15) is 0 Å². The summed E-state index contributed by atoms with van der Waals surface area (Å²) in [6.07, 6.45) is 52.0. The Morgan fingerprint density at radius 3 is 1.17 bits per heavy atom. The first-order chi connectivity index (χ1) is 32.4. The molecule has 7 nitrogen and oxygen atoms in total. The number of esters is 1. The fraction of sp³-hybridized carbons (Fsp3) is 0.966. The van der Waals surface area contributed by atoms with Gasteiger partial charge in [-0.15, -0.1) is 0 Å². The van der Waals surface area contributed by atoms with Crippen LogP contribution >= 0.6 is 0 Å². The Bertz CT molecular complexity index is 931. The molecule has 0 amide bonds. The highest BCUT2D eigenvalue weighted by atomic mass is 16.5. The zero-order valence-corrected chi connectivity index (χ0v) is 46.0. The van der Waals surface area contributed by atoms with Crippen LogP contribution in [0, 0.1) is 5.92 Å². The lowest BCUT2D eigenvalue weighted by Crippen LogP contribution is -2.37. The van der Waals surface area contributed by atoms with Crippen molar-refractivity contribution in [3.8, 4) is 0 Å². The fourth-order valence-corrected chi connectivity index (χ4v) is 9.83. The molecule has 7 heteroatoms. The van der Waals surface area contributed by atoms with E-state index in [1.165, 1.54) is 257 Å². The Hall–Kier alpha value is -1.02. The average Bonchev–Trinajstić information content (AvgIpc) is 3.31. The highest BCUT2D eigenvalue weighted by Gasteiger charge is 2.18. The lowest BCUT2D eigenvalue weighted by Gasteiger charge is -2.29. The summed E-state index contributed by atoms with van der Waals surface area (Å²) in [5.74, 6) is 0.679. The number of carbonyl (C=O) groups excluding carboxylic acids is 2. The van der Waals surface area contributed by atoms with Gasteiger partial charge in [-0.1, -0.05) is 227 Å². The van der Waals surface area contributed by atoms with Crippen molar-refractivity contribution < 1.29 is 14.3 Å². The summed E-state index contributed by atoms with van der Waals surface area (Å²) in [5, 5.41) is 0. The molecular formula is C59H120N4O3. The van der Waals surface area contributed by atoms with Gasteiger partial charge < -0.3 is 19.3 Å². The van der Waals surface area contributed by atoms with E-state index in [4.69, 9.17) is 4.74 Å². The molecule has 0 aromatic carbocycles. The Morgan fingerprint density at radius 1 is 0.470 bits per heavy atom. The largest absolute Gasteiger partial charge is 0.465 e. The van der Waals surface area contributed by atoms with Crippen LogP contribution in [0.5, 0.6) is 0 Å². The number of unbranched alkanes of at least 4 members (excludes halogenated alkanes) is 30. The van der Waals surface area contributed by atoms with Gasteiger partial charge in [-0.25, -0.2) is 0 Å². The van der Waals surface area contributed by atoms with Crippen molar-refractivity contribution in [2.45, 2.75) is 279 Å². The van der Waals surface area contributed by atoms with Crippen molar-refractivity contribution in [2.24, 2.45) is 5.92 Å². The molecular weight excluding hydrogens is 813 g/mol. The van der Waals surface area contributed by atoms with Crippen LogP contribution in [0.4, 0.5) is 0 Å². The van der Waals surface area contributed by atoms with Gasteiger partial charge in [0, 0.05) is 19.6 Å². The topological polar surface area (TPSA) is 56.3 Å². The molecule has 1 saturated heterocycles. The molecule has 1 heterocycles. The van der Waals surface area contributed by atoms with E-state index in [0.717, 1.165) is 52.0 Å². The zero-order valence-electron chi connectivity index (χ0n) is 46.0. The van der Waals surface area contributed by atoms with Crippen LogP contribution < -0.4 is 0 Å². The number of hydrogen-bond donors (Lipinski definition) is 0. The van der Waals surface area contributed by atoms with Crippen molar-refractivity contribution in [1.82, 2.24) is 19.6 Å². The van der Waals surface area contributed by atoms with Crippen molar-refractivity contribution in [1.29, 1.82) is 0 Å². The molecule has 0 bridgehead atoms. The molecule has 394 valence electrons. The number of hydrogen-bond acceptors (Lipinski definition) is 7. The van der Waals surface area contributed by atoms with E-state index in [2.05, 4.69) is 61.3 Å². The Balaban J connectivity index is 0.00000128. The number of piperidine rings is 1. The maximum atomic E-state index is 12.5. The molecule has 1 atom stereocenters. The quantitative estimate of drug-likeness (QED) is 0.0342. The van der Waals surface area contributed by atoms with Crippen LogP contribution in [-0.2, 0) is 14.3 Å². The van der Waals surface area contributed by atoms with E-state index in [-0.39, 0.29) is 5.97 Å². The maximum absolute atomic E-state index is 12.5. The normalized spacial score (nSPS) is 14.3. The summed E-state index contributed by atoms with van der Waals surface area (Å²) < 4.78 is 5.65. The summed E-state index contributed by atoms with van der Waals surface area (Å²) >= 11 is 0. The predicted molar refractivity (Wildman–Crippen MR) is 291 cm³/mol. The minimum Gasteiger partial charge on any atom is -0.465 e. The smallest absolute Gasteiger partial charge is 0.320 e. The molecule has 0 aliphatic carbocycles. The second kappa shape index (κ2) is 53.3. The van der Waals surface area contributed by atoms with Crippen LogP contribution in [0.1, 0.15) is 279 Å². The van der Waals surface area contributed by atoms with E-state index in [0.29, 0.717) is 25.6 Å². The summed E-state index contributed by atoms with van der Waals surface area (Å²) in [5.41, 5.74) is 0. The van der Waals surface area contributed by atoms with Gasteiger partial charge in [0.2, 0.25) is 0 Å².